The average Bonchev–Trinajstić information content (AvgIpc) is 3.19. The van der Waals surface area contributed by atoms with Gasteiger partial charge in [0.05, 0.1) is 0 Å². The van der Waals surface area contributed by atoms with Crippen LogP contribution in [0.5, 0.6) is 0 Å². The number of nitrogens with one attached hydrogen (secondary N) is 1. The van der Waals surface area contributed by atoms with Crippen LogP contribution in [0, 0.1) is 0 Å². The van der Waals surface area contributed by atoms with Gasteiger partial charge in [0.2, 0.25) is 5.78 Å². The van der Waals surface area contributed by atoms with Crippen LogP contribution in [0.2, 0.25) is 0 Å². The Bertz CT molecular complexity index is 881. The molecule has 1 saturated heterocycles. The Morgan fingerprint density at radius 3 is 0.571 bits per heavy atom. The van der Waals surface area contributed by atoms with E-state index in [1.54, 1.807) is 0 Å². The molecule has 320 valence electrons. The quantitative estimate of drug-likeness (QED) is 0.239. The predicted octanol–water partition coefficient (Wildman–Crippen LogP) is 10.9. The number of amides is 1. The normalized spacial score (nSPS) is 22.4. The molecule has 0 atom stereocenters. The van der Waals surface area contributed by atoms with Crippen molar-refractivity contribution >= 4 is 46.4 Å². The van der Waals surface area contributed by atoms with Gasteiger partial charge in [0, 0.05) is 51.5 Å². The molecule has 1 N–H and O–H groups in total. The number of hydrogen-bond acceptors (Lipinski definition) is 8. The lowest BCUT2D eigenvalue weighted by Crippen LogP contribution is -2.31. The largest absolute Gasteiger partial charge is 0.350 e. The molecule has 0 aromatic carbocycles. The van der Waals surface area contributed by atoms with Gasteiger partial charge in [-0.25, -0.2) is 0 Å². The minimum absolute atomic E-state index is 0.232. The summed E-state index contributed by atoms with van der Waals surface area (Å²) in [5.74, 6) is -2.23. The molecule has 0 spiro atoms. The minimum atomic E-state index is -0.480. The third-order valence-electron chi connectivity index (χ3n) is 11.2. The lowest BCUT2D eigenvalue weighted by Gasteiger charge is -2.06. The van der Waals surface area contributed by atoms with Crippen LogP contribution in [-0.2, 0) is 38.4 Å². The van der Waals surface area contributed by atoms with Gasteiger partial charge in [0.1, 0.15) is 0 Å². The lowest BCUT2D eigenvalue weighted by atomic mass is 10.0. The molecular weight excluding hydrogens is 707 g/mol. The van der Waals surface area contributed by atoms with Gasteiger partial charge in [-0.05, 0) is 51.4 Å². The summed E-state index contributed by atoms with van der Waals surface area (Å²) in [5, 5.41) is 2.75. The molecule has 0 saturated carbocycles. The van der Waals surface area contributed by atoms with E-state index in [2.05, 4.69) is 5.32 Å². The summed E-state index contributed by atoms with van der Waals surface area (Å²) in [6.07, 6.45) is 31.6. The molecule has 0 bridgehead atoms. The average molecular weight is 786 g/mol. The number of Topliss-reactive ketones (excluding diaryl/α,β-unsaturated/α-hetero) is 7. The Labute approximate surface area is 339 Å². The second kappa shape index (κ2) is 36.5. The molecule has 0 aromatic rings. The zero-order valence-electron chi connectivity index (χ0n) is 35.3. The van der Waals surface area contributed by atoms with E-state index in [0.29, 0.717) is 45.1 Å². The zero-order valence-corrected chi connectivity index (χ0v) is 35.3. The van der Waals surface area contributed by atoms with Gasteiger partial charge < -0.3 is 5.32 Å². The summed E-state index contributed by atoms with van der Waals surface area (Å²) in [4.78, 5) is 97.7. The number of rotatable bonds is 0. The first-order chi connectivity index (χ1) is 27.2. The van der Waals surface area contributed by atoms with Crippen molar-refractivity contribution in [2.75, 3.05) is 6.54 Å². The highest BCUT2D eigenvalue weighted by Gasteiger charge is 2.15. The van der Waals surface area contributed by atoms with E-state index < -0.39 is 5.91 Å². The van der Waals surface area contributed by atoms with Crippen LogP contribution >= 0.6 is 0 Å². The number of hydrogen-bond donors (Lipinski definition) is 1. The molecular formula is C47H79NO8. The smallest absolute Gasteiger partial charge is 0.287 e. The third kappa shape index (κ3) is 30.3. The van der Waals surface area contributed by atoms with Crippen LogP contribution < -0.4 is 5.32 Å². The van der Waals surface area contributed by atoms with Crippen molar-refractivity contribution in [1.29, 1.82) is 0 Å². The molecule has 1 heterocycles. The number of carbonyl (C=O) groups is 8. The van der Waals surface area contributed by atoms with Crippen molar-refractivity contribution in [3.63, 3.8) is 0 Å². The molecule has 0 radical (unpaired) electrons. The van der Waals surface area contributed by atoms with Gasteiger partial charge in [-0.1, -0.05) is 148 Å². The Morgan fingerprint density at radius 1 is 0.196 bits per heavy atom. The SMILES string of the molecule is O=C1CCCCCCCCCCC(=O)C(=O)CCCCCCCCCCC(=O)C(=O)NCCCCCCCCCC(=O)C(=O)CCCCCCCCCCC1=O. The summed E-state index contributed by atoms with van der Waals surface area (Å²) >= 11 is 0. The molecule has 9 nitrogen and oxygen atoms in total. The first kappa shape index (κ1) is 51.2. The Balaban J connectivity index is 2.31. The summed E-state index contributed by atoms with van der Waals surface area (Å²) in [6, 6.07) is 0. The number of ketones is 7. The molecule has 1 aliphatic rings. The molecule has 1 fully saturated rings. The van der Waals surface area contributed by atoms with Gasteiger partial charge in [-0.3, -0.25) is 38.4 Å². The van der Waals surface area contributed by atoms with Gasteiger partial charge in [-0.15, -0.1) is 0 Å². The molecule has 0 unspecified atom stereocenters. The maximum atomic E-state index is 12.2. The zero-order chi connectivity index (χ0) is 40.9. The molecule has 9 heteroatoms. The first-order valence-electron chi connectivity index (χ1n) is 23.2. The van der Waals surface area contributed by atoms with E-state index in [4.69, 9.17) is 0 Å². The van der Waals surface area contributed by atoms with E-state index in [-0.39, 0.29) is 46.9 Å². The van der Waals surface area contributed by atoms with E-state index in [0.717, 1.165) is 199 Å². The fourth-order valence-corrected chi connectivity index (χ4v) is 7.44. The van der Waals surface area contributed by atoms with Crippen LogP contribution in [0.3, 0.4) is 0 Å². The number of carbonyl (C=O) groups excluding carboxylic acids is 8. The molecule has 0 aliphatic carbocycles. The fourth-order valence-electron chi connectivity index (χ4n) is 7.44. The lowest BCUT2D eigenvalue weighted by molar-refractivity contribution is -0.138. The second-order valence-electron chi connectivity index (χ2n) is 16.4. The van der Waals surface area contributed by atoms with Crippen LogP contribution in [0.25, 0.3) is 0 Å². The van der Waals surface area contributed by atoms with E-state index in [1.165, 1.54) is 0 Å². The van der Waals surface area contributed by atoms with E-state index in [1.807, 2.05) is 0 Å². The molecule has 1 amide bonds. The maximum Gasteiger partial charge on any atom is 0.287 e. The van der Waals surface area contributed by atoms with Crippen LogP contribution in [-0.4, -0.2) is 52.9 Å². The fraction of sp³-hybridized carbons (Fsp3) is 0.830. The Kier molecular flexibility index (Phi) is 33.4. The van der Waals surface area contributed by atoms with Gasteiger partial charge in [0.15, 0.2) is 34.7 Å². The standard InChI is InChI=1S/C47H79NO8/c49-40-32-24-16-8-1-2-9-18-26-34-42(51)43(52)36-28-20-12-5-6-13-22-30-38-46(55)47(56)48-39-31-23-15-7-14-21-29-37-45(54)44(53)35-27-19-11-4-3-10-17-25-33-41(40)50/h1-39H2,(H,48,56). The Hall–Kier alpha value is -2.84. The molecule has 1 rings (SSSR count). The van der Waals surface area contributed by atoms with Crippen molar-refractivity contribution in [2.24, 2.45) is 0 Å². The van der Waals surface area contributed by atoms with Crippen molar-refractivity contribution in [2.45, 2.75) is 244 Å². The minimum Gasteiger partial charge on any atom is -0.350 e. The summed E-state index contributed by atoms with van der Waals surface area (Å²) in [7, 11) is 0. The highest BCUT2D eigenvalue weighted by atomic mass is 16.2. The summed E-state index contributed by atoms with van der Waals surface area (Å²) < 4.78 is 0. The van der Waals surface area contributed by atoms with E-state index in [9.17, 15) is 38.4 Å². The van der Waals surface area contributed by atoms with Crippen LogP contribution in [0.1, 0.15) is 244 Å². The van der Waals surface area contributed by atoms with Crippen molar-refractivity contribution in [3.05, 3.63) is 0 Å². The van der Waals surface area contributed by atoms with Crippen molar-refractivity contribution < 1.29 is 38.4 Å². The molecule has 56 heavy (non-hydrogen) atoms. The van der Waals surface area contributed by atoms with E-state index >= 15 is 0 Å². The second-order valence-corrected chi connectivity index (χ2v) is 16.4. The van der Waals surface area contributed by atoms with Gasteiger partial charge in [0.25, 0.3) is 5.91 Å². The topological polar surface area (TPSA) is 149 Å². The molecule has 1 aliphatic heterocycles. The van der Waals surface area contributed by atoms with Crippen LogP contribution in [0.15, 0.2) is 0 Å². The van der Waals surface area contributed by atoms with Crippen molar-refractivity contribution in [3.8, 4) is 0 Å². The molecule has 0 aromatic heterocycles. The highest BCUT2D eigenvalue weighted by Crippen LogP contribution is 2.16. The maximum absolute atomic E-state index is 12.2. The summed E-state index contributed by atoms with van der Waals surface area (Å²) in [6.45, 7) is 0.508. The highest BCUT2D eigenvalue weighted by molar-refractivity contribution is 6.38. The predicted molar refractivity (Wildman–Crippen MR) is 224 cm³/mol. The van der Waals surface area contributed by atoms with Gasteiger partial charge in [-0.2, -0.15) is 0 Å². The van der Waals surface area contributed by atoms with Crippen molar-refractivity contribution in [1.82, 2.24) is 5.32 Å². The third-order valence-corrected chi connectivity index (χ3v) is 11.2. The Morgan fingerprint density at radius 2 is 0.357 bits per heavy atom. The summed E-state index contributed by atoms with van der Waals surface area (Å²) in [5.41, 5.74) is 0. The van der Waals surface area contributed by atoms with Gasteiger partial charge >= 0.3 is 0 Å². The van der Waals surface area contributed by atoms with Crippen LogP contribution in [0.4, 0.5) is 0 Å². The first-order valence-corrected chi connectivity index (χ1v) is 23.2. The monoisotopic (exact) mass is 786 g/mol.